The molecule has 1 aliphatic rings. The molecule has 198 valence electrons. The lowest BCUT2D eigenvalue weighted by molar-refractivity contribution is -0.132. The molecule has 0 saturated carbocycles. The Morgan fingerprint density at radius 2 is 1.61 bits per heavy atom. The molecular formula is C29H29ClN2O6. The summed E-state index contributed by atoms with van der Waals surface area (Å²) in [6, 6.07) is 16.2. The molecule has 4 rings (SSSR count). The molecule has 38 heavy (non-hydrogen) atoms. The number of hydrogen-bond donors (Lipinski definition) is 1. The molecule has 1 aliphatic heterocycles. The number of nitrogens with zero attached hydrogens (tertiary/aromatic N) is 2. The molecule has 3 aromatic rings. The summed E-state index contributed by atoms with van der Waals surface area (Å²) in [6.07, 6.45) is 0. The molecule has 1 heterocycles. The van der Waals surface area contributed by atoms with Crippen molar-refractivity contribution in [2.24, 2.45) is 0 Å². The molecule has 1 amide bonds. The number of anilines is 2. The zero-order valence-electron chi connectivity index (χ0n) is 21.8. The molecule has 0 aromatic heterocycles. The minimum atomic E-state index is -0.922. The third kappa shape index (κ3) is 4.99. The molecule has 8 nitrogen and oxygen atoms in total. The number of ketones is 1. The molecule has 0 bridgehead atoms. The van der Waals surface area contributed by atoms with Crippen molar-refractivity contribution in [2.75, 3.05) is 44.7 Å². The van der Waals surface area contributed by atoms with Crippen molar-refractivity contribution in [2.45, 2.75) is 13.0 Å². The number of ether oxygens (including phenoxy) is 3. The maximum absolute atomic E-state index is 13.5. The minimum Gasteiger partial charge on any atom is -0.507 e. The molecule has 0 radical (unpaired) electrons. The zero-order chi connectivity index (χ0) is 27.6. The van der Waals surface area contributed by atoms with Crippen LogP contribution in [0.4, 0.5) is 11.4 Å². The summed E-state index contributed by atoms with van der Waals surface area (Å²) < 4.78 is 16.4. The molecule has 1 atom stereocenters. The molecule has 1 saturated heterocycles. The number of carbonyl (C=O) groups excluding carboxylic acids is 2. The molecule has 0 spiro atoms. The van der Waals surface area contributed by atoms with E-state index in [0.29, 0.717) is 45.7 Å². The Morgan fingerprint density at radius 3 is 2.16 bits per heavy atom. The number of amides is 1. The van der Waals surface area contributed by atoms with E-state index in [4.69, 9.17) is 25.8 Å². The summed E-state index contributed by atoms with van der Waals surface area (Å²) in [5, 5.41) is 11.8. The van der Waals surface area contributed by atoms with Crippen LogP contribution >= 0.6 is 11.6 Å². The van der Waals surface area contributed by atoms with Gasteiger partial charge in [-0.2, -0.15) is 0 Å². The smallest absolute Gasteiger partial charge is 0.300 e. The van der Waals surface area contributed by atoms with Crippen LogP contribution in [-0.4, -0.2) is 51.7 Å². The summed E-state index contributed by atoms with van der Waals surface area (Å²) in [4.78, 5) is 30.3. The van der Waals surface area contributed by atoms with Gasteiger partial charge in [0.25, 0.3) is 11.7 Å². The highest BCUT2D eigenvalue weighted by Crippen LogP contribution is 2.44. The molecule has 0 aliphatic carbocycles. The lowest BCUT2D eigenvalue weighted by atomic mass is 9.94. The van der Waals surface area contributed by atoms with E-state index in [0.717, 1.165) is 5.69 Å². The summed E-state index contributed by atoms with van der Waals surface area (Å²) in [7, 11) is 6.83. The maximum Gasteiger partial charge on any atom is 0.300 e. The van der Waals surface area contributed by atoms with Crippen molar-refractivity contribution in [3.05, 3.63) is 82.4 Å². The van der Waals surface area contributed by atoms with Crippen LogP contribution in [0.3, 0.4) is 0 Å². The first kappa shape index (κ1) is 26.9. The lowest BCUT2D eigenvalue weighted by Crippen LogP contribution is -2.29. The number of hydrogen-bond acceptors (Lipinski definition) is 7. The highest BCUT2D eigenvalue weighted by molar-refractivity contribution is 6.51. The fourth-order valence-corrected chi connectivity index (χ4v) is 4.54. The van der Waals surface area contributed by atoms with Crippen LogP contribution in [0.1, 0.15) is 24.1 Å². The van der Waals surface area contributed by atoms with E-state index in [2.05, 4.69) is 0 Å². The first-order valence-corrected chi connectivity index (χ1v) is 12.3. The molecule has 1 unspecified atom stereocenters. The predicted octanol–water partition coefficient (Wildman–Crippen LogP) is 5.45. The van der Waals surface area contributed by atoms with E-state index in [1.807, 2.05) is 50.2 Å². The second kappa shape index (κ2) is 11.1. The summed E-state index contributed by atoms with van der Waals surface area (Å²) in [5.41, 5.74) is 2.20. The quantitative estimate of drug-likeness (QED) is 0.233. The fourth-order valence-electron chi connectivity index (χ4n) is 4.37. The largest absolute Gasteiger partial charge is 0.507 e. The Balaban J connectivity index is 1.95. The number of carbonyl (C=O) groups is 2. The third-order valence-corrected chi connectivity index (χ3v) is 6.60. The van der Waals surface area contributed by atoms with Crippen LogP contribution in [0.25, 0.3) is 5.76 Å². The Labute approximate surface area is 226 Å². The van der Waals surface area contributed by atoms with Gasteiger partial charge in [-0.05, 0) is 42.8 Å². The summed E-state index contributed by atoms with van der Waals surface area (Å²) in [5.74, 6) is -0.692. The van der Waals surface area contributed by atoms with Gasteiger partial charge in [0, 0.05) is 43.5 Å². The van der Waals surface area contributed by atoms with Crippen LogP contribution in [0.2, 0.25) is 5.02 Å². The van der Waals surface area contributed by atoms with Crippen molar-refractivity contribution in [1.29, 1.82) is 0 Å². The maximum atomic E-state index is 13.5. The Bertz CT molecular complexity index is 1380. The summed E-state index contributed by atoms with van der Waals surface area (Å²) >= 11 is 6.24. The topological polar surface area (TPSA) is 88.5 Å². The monoisotopic (exact) mass is 536 g/mol. The average Bonchev–Trinajstić information content (AvgIpc) is 3.19. The van der Waals surface area contributed by atoms with Crippen molar-refractivity contribution in [3.8, 4) is 17.2 Å². The van der Waals surface area contributed by atoms with Crippen molar-refractivity contribution in [1.82, 2.24) is 0 Å². The van der Waals surface area contributed by atoms with Gasteiger partial charge in [0.2, 0.25) is 0 Å². The minimum absolute atomic E-state index is 0.0563. The molecule has 1 N–H and O–H groups in total. The average molecular weight is 537 g/mol. The molecule has 1 fully saturated rings. The van der Waals surface area contributed by atoms with Gasteiger partial charge in [-0.25, -0.2) is 0 Å². The van der Waals surface area contributed by atoms with E-state index >= 15 is 0 Å². The number of rotatable bonds is 8. The first-order valence-electron chi connectivity index (χ1n) is 11.9. The highest BCUT2D eigenvalue weighted by Gasteiger charge is 2.47. The number of methoxy groups -OCH3 is 2. The van der Waals surface area contributed by atoms with Gasteiger partial charge in [-0.3, -0.25) is 14.5 Å². The number of aliphatic hydroxyl groups excluding tert-OH is 1. The van der Waals surface area contributed by atoms with E-state index in [9.17, 15) is 14.7 Å². The second-order valence-electron chi connectivity index (χ2n) is 8.80. The molecule has 3 aromatic carbocycles. The number of halogens is 1. The van der Waals surface area contributed by atoms with Crippen molar-refractivity contribution < 1.29 is 28.9 Å². The van der Waals surface area contributed by atoms with Gasteiger partial charge in [0.1, 0.15) is 23.0 Å². The van der Waals surface area contributed by atoms with Crippen molar-refractivity contribution >= 4 is 40.4 Å². The van der Waals surface area contributed by atoms with Crippen molar-refractivity contribution in [3.63, 3.8) is 0 Å². The summed E-state index contributed by atoms with van der Waals surface area (Å²) in [6.45, 7) is 2.18. The van der Waals surface area contributed by atoms with Gasteiger partial charge in [0.15, 0.2) is 0 Å². The van der Waals surface area contributed by atoms with Crippen LogP contribution in [-0.2, 0) is 9.59 Å². The Morgan fingerprint density at radius 1 is 0.974 bits per heavy atom. The number of Topliss-reactive ketones (excluding diaryl/α,β-unsaturated/α-hetero) is 1. The lowest BCUT2D eigenvalue weighted by Gasteiger charge is -2.26. The third-order valence-electron chi connectivity index (χ3n) is 6.29. The predicted molar refractivity (Wildman–Crippen MR) is 148 cm³/mol. The fraction of sp³-hybridized carbons (Fsp3) is 0.241. The van der Waals surface area contributed by atoms with Crippen LogP contribution in [0.5, 0.6) is 17.2 Å². The Hall–Kier alpha value is -4.17. The van der Waals surface area contributed by atoms with Crippen LogP contribution in [0.15, 0.2) is 66.2 Å². The van der Waals surface area contributed by atoms with Gasteiger partial charge in [0.05, 0.1) is 43.2 Å². The van der Waals surface area contributed by atoms with Crippen LogP contribution in [0, 0.1) is 0 Å². The van der Waals surface area contributed by atoms with E-state index in [1.165, 1.54) is 19.1 Å². The normalized spacial score (nSPS) is 16.5. The molecule has 9 heteroatoms. The molecular weight excluding hydrogens is 508 g/mol. The van der Waals surface area contributed by atoms with E-state index in [-0.39, 0.29) is 11.3 Å². The van der Waals surface area contributed by atoms with Crippen LogP contribution < -0.4 is 24.0 Å². The standard InChI is InChI=1S/C29H29ClN2O6/c1-6-38-24-13-18(9-12-23(24)30)27(33)25-26(17-7-10-19(11-8-17)31(2)3)32(29(35)28(25)34)20-14-21(36-4)16-22(15-20)37-5/h7-16,26,33H,6H2,1-5H3/b27-25+. The highest BCUT2D eigenvalue weighted by atomic mass is 35.5. The zero-order valence-corrected chi connectivity index (χ0v) is 22.6. The second-order valence-corrected chi connectivity index (χ2v) is 9.21. The van der Waals surface area contributed by atoms with Gasteiger partial charge < -0.3 is 24.2 Å². The SMILES string of the molecule is CCOc1cc(/C(O)=C2\C(=O)C(=O)N(c3cc(OC)cc(OC)c3)C2c2ccc(N(C)C)cc2)ccc1Cl. The van der Waals surface area contributed by atoms with Gasteiger partial charge in [-0.15, -0.1) is 0 Å². The van der Waals surface area contributed by atoms with E-state index < -0.39 is 17.7 Å². The van der Waals surface area contributed by atoms with Gasteiger partial charge >= 0.3 is 0 Å². The first-order chi connectivity index (χ1) is 18.2. The number of benzene rings is 3. The van der Waals surface area contributed by atoms with E-state index in [1.54, 1.807) is 36.4 Å². The number of aliphatic hydroxyl groups is 1. The van der Waals surface area contributed by atoms with Gasteiger partial charge in [-0.1, -0.05) is 23.7 Å². The Kier molecular flexibility index (Phi) is 7.83.